The van der Waals surface area contributed by atoms with Gasteiger partial charge >= 0.3 is 5.97 Å². The molecule has 0 saturated carbocycles. The third kappa shape index (κ3) is 3.23. The van der Waals surface area contributed by atoms with Crippen molar-refractivity contribution in [3.05, 3.63) is 40.1 Å². The van der Waals surface area contributed by atoms with Gasteiger partial charge in [-0.25, -0.2) is 0 Å². The first kappa shape index (κ1) is 13.8. The number of carbonyl (C=O) groups is 1. The number of aryl methyl sites for hydroxylation is 3. The highest BCUT2D eigenvalue weighted by molar-refractivity contribution is 9.10. The molecular weight excluding hydrogens is 308 g/mol. The molecule has 0 aliphatic carbocycles. The number of halogens is 1. The van der Waals surface area contributed by atoms with Crippen LogP contribution in [0.2, 0.25) is 0 Å². The number of carboxylic acid groups (broad SMARTS) is 1. The molecule has 0 amide bonds. The lowest BCUT2D eigenvalue weighted by atomic mass is 9.99. The molecule has 0 radical (unpaired) electrons. The van der Waals surface area contributed by atoms with Crippen LogP contribution in [0.5, 0.6) is 0 Å². The molecular formula is C14H15BrN2O2. The van der Waals surface area contributed by atoms with Crippen LogP contribution in [0, 0.1) is 6.92 Å². The van der Waals surface area contributed by atoms with Gasteiger partial charge in [-0.1, -0.05) is 22.0 Å². The lowest BCUT2D eigenvalue weighted by molar-refractivity contribution is -0.136. The van der Waals surface area contributed by atoms with Crippen molar-refractivity contribution in [2.45, 2.75) is 19.8 Å². The van der Waals surface area contributed by atoms with Crippen LogP contribution in [0.1, 0.15) is 17.7 Å². The average molecular weight is 323 g/mol. The van der Waals surface area contributed by atoms with Gasteiger partial charge in [0, 0.05) is 29.7 Å². The molecule has 19 heavy (non-hydrogen) atoms. The third-order valence-electron chi connectivity index (χ3n) is 2.97. The zero-order chi connectivity index (χ0) is 14.0. The Morgan fingerprint density at radius 3 is 2.84 bits per heavy atom. The van der Waals surface area contributed by atoms with Gasteiger partial charge in [0.15, 0.2) is 0 Å². The second-order valence-electron chi connectivity index (χ2n) is 4.52. The summed E-state index contributed by atoms with van der Waals surface area (Å²) in [5.41, 5.74) is 4.06. The van der Waals surface area contributed by atoms with Crippen LogP contribution in [-0.4, -0.2) is 20.9 Å². The highest BCUT2D eigenvalue weighted by Gasteiger charge is 2.13. The van der Waals surface area contributed by atoms with E-state index in [2.05, 4.69) is 21.0 Å². The molecule has 0 unspecified atom stereocenters. The van der Waals surface area contributed by atoms with Crippen molar-refractivity contribution in [2.75, 3.05) is 0 Å². The molecule has 2 aromatic rings. The normalized spacial score (nSPS) is 10.7. The van der Waals surface area contributed by atoms with Gasteiger partial charge in [0.1, 0.15) is 0 Å². The Balaban J connectivity index is 2.43. The zero-order valence-corrected chi connectivity index (χ0v) is 12.4. The molecule has 0 bridgehead atoms. The Morgan fingerprint density at radius 1 is 1.42 bits per heavy atom. The van der Waals surface area contributed by atoms with Gasteiger partial charge in [-0.05, 0) is 30.2 Å². The third-order valence-corrected chi connectivity index (χ3v) is 3.46. The minimum absolute atomic E-state index is 0.0943. The van der Waals surface area contributed by atoms with Gasteiger partial charge in [0.25, 0.3) is 0 Å². The summed E-state index contributed by atoms with van der Waals surface area (Å²) >= 11 is 3.47. The number of aromatic nitrogens is 2. The molecule has 0 fully saturated rings. The van der Waals surface area contributed by atoms with Crippen LogP contribution in [0.15, 0.2) is 28.9 Å². The van der Waals surface area contributed by atoms with E-state index < -0.39 is 5.97 Å². The maximum atomic E-state index is 10.7. The van der Waals surface area contributed by atoms with Crippen molar-refractivity contribution in [3.8, 4) is 11.1 Å². The van der Waals surface area contributed by atoms with E-state index in [1.165, 1.54) is 0 Å². The second kappa shape index (κ2) is 5.57. The first-order valence-corrected chi connectivity index (χ1v) is 6.77. The van der Waals surface area contributed by atoms with Gasteiger partial charge < -0.3 is 5.11 Å². The van der Waals surface area contributed by atoms with Crippen LogP contribution in [-0.2, 0) is 18.3 Å². The number of benzene rings is 1. The van der Waals surface area contributed by atoms with E-state index >= 15 is 0 Å². The van der Waals surface area contributed by atoms with Crippen molar-refractivity contribution in [2.24, 2.45) is 7.05 Å². The summed E-state index contributed by atoms with van der Waals surface area (Å²) < 4.78 is 2.73. The van der Waals surface area contributed by atoms with Crippen LogP contribution < -0.4 is 0 Å². The number of hydrogen-bond donors (Lipinski definition) is 1. The predicted octanol–water partition coefficient (Wildman–Crippen LogP) is 3.18. The van der Waals surface area contributed by atoms with Crippen LogP contribution in [0.25, 0.3) is 11.1 Å². The highest BCUT2D eigenvalue weighted by atomic mass is 79.9. The summed E-state index contributed by atoms with van der Waals surface area (Å²) in [7, 11) is 1.85. The first-order chi connectivity index (χ1) is 8.97. The summed E-state index contributed by atoms with van der Waals surface area (Å²) in [6.45, 7) is 2.04. The van der Waals surface area contributed by atoms with Crippen molar-refractivity contribution < 1.29 is 9.90 Å². The van der Waals surface area contributed by atoms with Gasteiger partial charge in [-0.15, -0.1) is 0 Å². The van der Waals surface area contributed by atoms with E-state index in [-0.39, 0.29) is 6.42 Å². The van der Waals surface area contributed by atoms with Gasteiger partial charge in [0.05, 0.1) is 12.1 Å². The summed E-state index contributed by atoms with van der Waals surface area (Å²) in [4.78, 5) is 10.7. The Kier molecular flexibility index (Phi) is 4.04. The Bertz CT molecular complexity index is 620. The maximum Gasteiger partial charge on any atom is 0.303 e. The van der Waals surface area contributed by atoms with Crippen molar-refractivity contribution in [1.82, 2.24) is 9.78 Å². The minimum Gasteiger partial charge on any atom is -0.481 e. The summed E-state index contributed by atoms with van der Waals surface area (Å²) in [5.74, 6) is -0.803. The lowest BCUT2D eigenvalue weighted by Gasteiger charge is -2.06. The van der Waals surface area contributed by atoms with E-state index in [1.54, 1.807) is 4.68 Å². The Morgan fingerprint density at radius 2 is 2.16 bits per heavy atom. The Hall–Kier alpha value is -1.62. The molecule has 5 heteroatoms. The molecule has 0 aliphatic heterocycles. The molecule has 1 N–H and O–H groups in total. The first-order valence-electron chi connectivity index (χ1n) is 5.98. The molecule has 4 nitrogen and oxygen atoms in total. The maximum absolute atomic E-state index is 10.7. The smallest absolute Gasteiger partial charge is 0.303 e. The second-order valence-corrected chi connectivity index (χ2v) is 5.43. The predicted molar refractivity (Wildman–Crippen MR) is 77.0 cm³/mol. The van der Waals surface area contributed by atoms with Crippen LogP contribution in [0.4, 0.5) is 0 Å². The molecule has 1 aromatic carbocycles. The monoisotopic (exact) mass is 322 g/mol. The molecule has 0 saturated heterocycles. The summed E-state index contributed by atoms with van der Waals surface area (Å²) in [5, 5.41) is 13.2. The van der Waals surface area contributed by atoms with E-state index in [1.807, 2.05) is 38.4 Å². The number of carboxylic acids is 1. The highest BCUT2D eigenvalue weighted by Crippen LogP contribution is 2.29. The number of aliphatic carboxylic acids is 1. The molecule has 0 spiro atoms. The lowest BCUT2D eigenvalue weighted by Crippen LogP contribution is -2.00. The van der Waals surface area contributed by atoms with E-state index in [4.69, 9.17) is 5.11 Å². The fraction of sp³-hybridized carbons (Fsp3) is 0.286. The quantitative estimate of drug-likeness (QED) is 0.940. The number of rotatable bonds is 4. The topological polar surface area (TPSA) is 55.1 Å². The molecule has 0 atom stereocenters. The largest absolute Gasteiger partial charge is 0.481 e. The van der Waals surface area contributed by atoms with Crippen molar-refractivity contribution in [1.29, 1.82) is 0 Å². The SMILES string of the molecule is Cc1ccc(Br)cc1-c1cn(C)nc1CCC(=O)O. The van der Waals surface area contributed by atoms with Gasteiger partial charge in [-0.3, -0.25) is 9.48 Å². The molecule has 100 valence electrons. The zero-order valence-electron chi connectivity index (χ0n) is 10.9. The summed E-state index contributed by atoms with van der Waals surface area (Å²) in [6.07, 6.45) is 2.47. The fourth-order valence-electron chi connectivity index (χ4n) is 2.05. The summed E-state index contributed by atoms with van der Waals surface area (Å²) in [6, 6.07) is 6.07. The molecule has 0 aliphatic rings. The molecule has 2 rings (SSSR count). The van der Waals surface area contributed by atoms with Gasteiger partial charge in [-0.2, -0.15) is 5.10 Å². The van der Waals surface area contributed by atoms with E-state index in [0.29, 0.717) is 6.42 Å². The van der Waals surface area contributed by atoms with Crippen molar-refractivity contribution >= 4 is 21.9 Å². The number of nitrogens with zero attached hydrogens (tertiary/aromatic N) is 2. The minimum atomic E-state index is -0.803. The Labute approximate surface area is 120 Å². The van der Waals surface area contributed by atoms with E-state index in [0.717, 1.165) is 26.9 Å². The standard InChI is InChI=1S/C14H15BrN2O2/c1-9-3-4-10(15)7-11(9)12-8-17(2)16-13(12)5-6-14(18)19/h3-4,7-8H,5-6H2,1-2H3,(H,18,19). The number of hydrogen-bond acceptors (Lipinski definition) is 2. The van der Waals surface area contributed by atoms with Crippen molar-refractivity contribution in [3.63, 3.8) is 0 Å². The van der Waals surface area contributed by atoms with Gasteiger partial charge in [0.2, 0.25) is 0 Å². The molecule has 1 aromatic heterocycles. The fourth-order valence-corrected chi connectivity index (χ4v) is 2.41. The van der Waals surface area contributed by atoms with Crippen LogP contribution >= 0.6 is 15.9 Å². The van der Waals surface area contributed by atoms with Crippen LogP contribution in [0.3, 0.4) is 0 Å². The average Bonchev–Trinajstić information content (AvgIpc) is 2.71. The molecule has 1 heterocycles. The van der Waals surface area contributed by atoms with E-state index in [9.17, 15) is 4.79 Å².